The van der Waals surface area contributed by atoms with E-state index in [4.69, 9.17) is 0 Å². The maximum atomic E-state index is 13.7. The number of hydrogen-bond donors (Lipinski definition) is 2. The summed E-state index contributed by atoms with van der Waals surface area (Å²) < 4.78 is 13.7. The third kappa shape index (κ3) is 3.70. The largest absolute Gasteiger partial charge is 0.355 e. The standard InChI is InChI=1S/C16H22FN3S/c1-18-16(19-10-11-5-4-8-21-11)20-15-9-13(15)12-6-2-3-7-14(12)17/h2-3,6-7,11,13,15H,4-5,8-10H2,1H3,(H2,18,19,20). The van der Waals surface area contributed by atoms with Crippen molar-refractivity contribution in [2.75, 3.05) is 19.3 Å². The first-order valence-corrected chi connectivity index (χ1v) is 8.66. The van der Waals surface area contributed by atoms with Crippen molar-refractivity contribution < 1.29 is 4.39 Å². The van der Waals surface area contributed by atoms with Gasteiger partial charge in [0.1, 0.15) is 5.82 Å². The molecule has 1 aromatic carbocycles. The Kier molecular flexibility index (Phi) is 4.68. The van der Waals surface area contributed by atoms with E-state index in [1.165, 1.54) is 24.7 Å². The molecule has 1 aromatic rings. The van der Waals surface area contributed by atoms with E-state index in [2.05, 4.69) is 15.6 Å². The molecule has 2 fully saturated rings. The molecule has 0 radical (unpaired) electrons. The Labute approximate surface area is 129 Å². The van der Waals surface area contributed by atoms with Crippen LogP contribution in [0.15, 0.2) is 29.3 Å². The van der Waals surface area contributed by atoms with Crippen molar-refractivity contribution in [2.24, 2.45) is 4.99 Å². The lowest BCUT2D eigenvalue weighted by atomic mass is 10.1. The Morgan fingerprint density at radius 3 is 3.00 bits per heavy atom. The van der Waals surface area contributed by atoms with Gasteiger partial charge in [0.25, 0.3) is 0 Å². The molecular formula is C16H22FN3S. The molecule has 2 aliphatic rings. The van der Waals surface area contributed by atoms with E-state index in [0.717, 1.165) is 24.5 Å². The molecule has 3 nitrogen and oxygen atoms in total. The van der Waals surface area contributed by atoms with Gasteiger partial charge in [0.2, 0.25) is 0 Å². The Hall–Kier alpha value is -1.23. The first-order valence-electron chi connectivity index (χ1n) is 7.61. The molecule has 21 heavy (non-hydrogen) atoms. The first-order chi connectivity index (χ1) is 10.3. The van der Waals surface area contributed by atoms with E-state index in [1.54, 1.807) is 13.1 Å². The van der Waals surface area contributed by atoms with Crippen LogP contribution in [0.2, 0.25) is 0 Å². The Bertz CT molecular complexity index is 514. The van der Waals surface area contributed by atoms with E-state index in [0.29, 0.717) is 11.3 Å². The van der Waals surface area contributed by atoms with Crippen LogP contribution in [0.3, 0.4) is 0 Å². The molecule has 0 bridgehead atoms. The fourth-order valence-corrected chi connectivity index (χ4v) is 4.06. The smallest absolute Gasteiger partial charge is 0.191 e. The number of halogens is 1. The van der Waals surface area contributed by atoms with Crippen LogP contribution in [0.1, 0.15) is 30.7 Å². The summed E-state index contributed by atoms with van der Waals surface area (Å²) in [7, 11) is 1.79. The zero-order valence-electron chi connectivity index (χ0n) is 12.3. The van der Waals surface area contributed by atoms with Crippen LogP contribution in [0.5, 0.6) is 0 Å². The number of thioether (sulfide) groups is 1. The highest BCUT2D eigenvalue weighted by Crippen LogP contribution is 2.41. The van der Waals surface area contributed by atoms with Gasteiger partial charge in [0.15, 0.2) is 5.96 Å². The minimum absolute atomic E-state index is 0.0999. The predicted molar refractivity (Wildman–Crippen MR) is 87.5 cm³/mol. The summed E-state index contributed by atoms with van der Waals surface area (Å²) in [6.45, 7) is 0.960. The lowest BCUT2D eigenvalue weighted by Crippen LogP contribution is -2.41. The monoisotopic (exact) mass is 307 g/mol. The van der Waals surface area contributed by atoms with Gasteiger partial charge in [-0.25, -0.2) is 4.39 Å². The molecule has 1 aliphatic heterocycles. The van der Waals surface area contributed by atoms with Crippen LogP contribution in [0.25, 0.3) is 0 Å². The average molecular weight is 307 g/mol. The summed E-state index contributed by atoms with van der Waals surface area (Å²) in [6.07, 6.45) is 3.58. The summed E-state index contributed by atoms with van der Waals surface area (Å²) in [5, 5.41) is 7.50. The van der Waals surface area contributed by atoms with Gasteiger partial charge in [-0.05, 0) is 36.6 Å². The zero-order valence-corrected chi connectivity index (χ0v) is 13.1. The van der Waals surface area contributed by atoms with Crippen LogP contribution < -0.4 is 10.6 Å². The lowest BCUT2D eigenvalue weighted by Gasteiger charge is -2.15. The number of benzene rings is 1. The van der Waals surface area contributed by atoms with E-state index in [-0.39, 0.29) is 11.7 Å². The molecule has 5 heteroatoms. The molecule has 0 amide bonds. The Balaban J connectivity index is 1.49. The molecule has 3 rings (SSSR count). The van der Waals surface area contributed by atoms with Gasteiger partial charge in [0, 0.05) is 30.8 Å². The Morgan fingerprint density at radius 1 is 1.43 bits per heavy atom. The fraction of sp³-hybridized carbons (Fsp3) is 0.562. The molecule has 1 heterocycles. The number of guanidine groups is 1. The molecule has 3 unspecified atom stereocenters. The van der Waals surface area contributed by atoms with Gasteiger partial charge in [-0.2, -0.15) is 11.8 Å². The molecule has 1 saturated heterocycles. The predicted octanol–water partition coefficient (Wildman–Crippen LogP) is 2.74. The van der Waals surface area contributed by atoms with Crippen LogP contribution in [0.4, 0.5) is 4.39 Å². The third-order valence-electron chi connectivity index (χ3n) is 4.16. The van der Waals surface area contributed by atoms with Gasteiger partial charge in [-0.15, -0.1) is 0 Å². The maximum Gasteiger partial charge on any atom is 0.191 e. The van der Waals surface area contributed by atoms with Crippen molar-refractivity contribution in [2.45, 2.75) is 36.5 Å². The molecule has 2 N–H and O–H groups in total. The highest BCUT2D eigenvalue weighted by Gasteiger charge is 2.40. The minimum Gasteiger partial charge on any atom is -0.355 e. The van der Waals surface area contributed by atoms with E-state index in [1.807, 2.05) is 23.9 Å². The van der Waals surface area contributed by atoms with Crippen molar-refractivity contribution >= 4 is 17.7 Å². The van der Waals surface area contributed by atoms with Gasteiger partial charge < -0.3 is 10.6 Å². The van der Waals surface area contributed by atoms with Gasteiger partial charge >= 0.3 is 0 Å². The van der Waals surface area contributed by atoms with E-state index < -0.39 is 0 Å². The summed E-state index contributed by atoms with van der Waals surface area (Å²) >= 11 is 2.03. The number of hydrogen-bond acceptors (Lipinski definition) is 2. The SMILES string of the molecule is CN=C(NCC1CCCS1)NC1CC1c1ccccc1F. The van der Waals surface area contributed by atoms with Crippen LogP contribution in [0, 0.1) is 5.82 Å². The number of rotatable bonds is 4. The number of aliphatic imine (C=N–C) groups is 1. The molecule has 0 spiro atoms. The van der Waals surface area contributed by atoms with Crippen LogP contribution in [-0.2, 0) is 0 Å². The minimum atomic E-state index is -0.0999. The maximum absolute atomic E-state index is 13.7. The number of nitrogens with one attached hydrogen (secondary N) is 2. The van der Waals surface area contributed by atoms with E-state index in [9.17, 15) is 4.39 Å². The lowest BCUT2D eigenvalue weighted by molar-refractivity contribution is 0.607. The van der Waals surface area contributed by atoms with Gasteiger partial charge in [0.05, 0.1) is 0 Å². The van der Waals surface area contributed by atoms with E-state index >= 15 is 0 Å². The molecule has 0 aromatic heterocycles. The van der Waals surface area contributed by atoms with Crippen molar-refractivity contribution in [1.82, 2.24) is 10.6 Å². The van der Waals surface area contributed by atoms with Gasteiger partial charge in [-0.3, -0.25) is 4.99 Å². The summed E-state index contributed by atoms with van der Waals surface area (Å²) in [5.74, 6) is 2.28. The van der Waals surface area contributed by atoms with Gasteiger partial charge in [-0.1, -0.05) is 18.2 Å². The molecule has 3 atom stereocenters. The number of nitrogens with zero attached hydrogens (tertiary/aromatic N) is 1. The third-order valence-corrected chi connectivity index (χ3v) is 5.56. The van der Waals surface area contributed by atoms with Crippen molar-refractivity contribution in [3.8, 4) is 0 Å². The highest BCUT2D eigenvalue weighted by atomic mass is 32.2. The molecule has 1 aliphatic carbocycles. The van der Waals surface area contributed by atoms with Crippen LogP contribution >= 0.6 is 11.8 Å². The second kappa shape index (κ2) is 6.69. The first kappa shape index (κ1) is 14.7. The topological polar surface area (TPSA) is 36.4 Å². The second-order valence-corrected chi connectivity index (χ2v) is 7.11. The average Bonchev–Trinajstić information content (AvgIpc) is 3.05. The highest BCUT2D eigenvalue weighted by molar-refractivity contribution is 8.00. The molecule has 1 saturated carbocycles. The normalized spacial score (nSPS) is 28.5. The summed E-state index contributed by atoms with van der Waals surface area (Å²) in [5.41, 5.74) is 0.816. The van der Waals surface area contributed by atoms with Crippen molar-refractivity contribution in [1.29, 1.82) is 0 Å². The summed E-state index contributed by atoms with van der Waals surface area (Å²) in [4.78, 5) is 4.27. The molecule has 114 valence electrons. The quantitative estimate of drug-likeness (QED) is 0.663. The Morgan fingerprint density at radius 2 is 2.29 bits per heavy atom. The van der Waals surface area contributed by atoms with Crippen LogP contribution in [-0.4, -0.2) is 36.6 Å². The van der Waals surface area contributed by atoms with Crippen molar-refractivity contribution in [3.63, 3.8) is 0 Å². The zero-order chi connectivity index (χ0) is 14.7. The summed E-state index contributed by atoms with van der Waals surface area (Å²) in [6, 6.07) is 7.35. The fourth-order valence-electron chi connectivity index (χ4n) is 2.86. The molecular weight excluding hydrogens is 285 g/mol. The second-order valence-electron chi connectivity index (χ2n) is 5.70. The van der Waals surface area contributed by atoms with Crippen molar-refractivity contribution in [3.05, 3.63) is 35.6 Å².